The Morgan fingerprint density at radius 2 is 1.91 bits per heavy atom. The van der Waals surface area contributed by atoms with Gasteiger partial charge in [0.25, 0.3) is 0 Å². The summed E-state index contributed by atoms with van der Waals surface area (Å²) in [6, 6.07) is -1.22. The summed E-state index contributed by atoms with van der Waals surface area (Å²) in [5.41, 5.74) is 3.90. The van der Waals surface area contributed by atoms with Crippen molar-refractivity contribution in [3.8, 4) is 0 Å². The molecule has 0 aromatic carbocycles. The van der Waals surface area contributed by atoms with Crippen LogP contribution in [-0.2, 0) is 4.79 Å². The van der Waals surface area contributed by atoms with Gasteiger partial charge in [-0.25, -0.2) is 0 Å². The molecule has 0 heterocycles. The van der Waals surface area contributed by atoms with E-state index >= 15 is 0 Å². The van der Waals surface area contributed by atoms with Crippen LogP contribution in [0.2, 0.25) is 0 Å². The lowest BCUT2D eigenvalue weighted by atomic mass is 9.86. The summed E-state index contributed by atoms with van der Waals surface area (Å²) in [6.45, 7) is 4.88. The van der Waals surface area contributed by atoms with E-state index in [0.29, 0.717) is 0 Å². The van der Waals surface area contributed by atoms with Crippen molar-refractivity contribution in [2.45, 2.75) is 32.4 Å². The largest absolute Gasteiger partial charge is 0.480 e. The molecule has 4 nitrogen and oxygen atoms in total. The minimum atomic E-state index is -1.34. The van der Waals surface area contributed by atoms with E-state index in [9.17, 15) is 9.90 Å². The summed E-state index contributed by atoms with van der Waals surface area (Å²) in [6.07, 6.45) is 0. The molecule has 0 spiro atoms. The van der Waals surface area contributed by atoms with Gasteiger partial charge in [0.2, 0.25) is 0 Å². The van der Waals surface area contributed by atoms with Gasteiger partial charge in [-0.2, -0.15) is 0 Å². The van der Waals surface area contributed by atoms with Gasteiger partial charge < -0.3 is 15.9 Å². The first kappa shape index (κ1) is 10.4. The molecule has 66 valence electrons. The standard InChI is InChI=1S/C7H15NO3/c1-4(2)7(3,11)5(8)6(9)10/h4-5,11H,8H2,1-3H3,(H,9,10)/t5-,7-/m1/s1. The molecule has 0 rings (SSSR count). The molecule has 0 bridgehead atoms. The molecule has 0 fully saturated rings. The second-order valence-corrected chi connectivity index (χ2v) is 3.20. The summed E-state index contributed by atoms with van der Waals surface area (Å²) in [7, 11) is 0. The van der Waals surface area contributed by atoms with E-state index in [2.05, 4.69) is 0 Å². The molecule has 4 heteroatoms. The topological polar surface area (TPSA) is 83.5 Å². The Morgan fingerprint density at radius 3 is 2.00 bits per heavy atom. The van der Waals surface area contributed by atoms with E-state index in [0.717, 1.165) is 0 Å². The monoisotopic (exact) mass is 161 g/mol. The van der Waals surface area contributed by atoms with Crippen LogP contribution in [0.4, 0.5) is 0 Å². The molecule has 0 aromatic rings. The van der Waals surface area contributed by atoms with Gasteiger partial charge in [-0.1, -0.05) is 13.8 Å². The highest BCUT2D eigenvalue weighted by atomic mass is 16.4. The quantitative estimate of drug-likeness (QED) is 0.535. The first-order chi connectivity index (χ1) is 4.80. The molecule has 0 unspecified atom stereocenters. The fourth-order valence-electron chi connectivity index (χ4n) is 0.609. The van der Waals surface area contributed by atoms with Crippen molar-refractivity contribution in [2.75, 3.05) is 0 Å². The van der Waals surface area contributed by atoms with Crippen molar-refractivity contribution in [1.29, 1.82) is 0 Å². The molecule has 0 saturated heterocycles. The molecule has 0 saturated carbocycles. The molecule has 2 atom stereocenters. The normalized spacial score (nSPS) is 19.5. The number of carboxylic acids is 1. The fourth-order valence-corrected chi connectivity index (χ4v) is 0.609. The van der Waals surface area contributed by atoms with Gasteiger partial charge in [0.15, 0.2) is 0 Å². The first-order valence-electron chi connectivity index (χ1n) is 3.51. The Morgan fingerprint density at radius 1 is 1.55 bits per heavy atom. The third-order valence-corrected chi connectivity index (χ3v) is 2.06. The maximum Gasteiger partial charge on any atom is 0.323 e. The Bertz CT molecular complexity index is 154. The highest BCUT2D eigenvalue weighted by Crippen LogP contribution is 2.18. The molecule has 0 aliphatic carbocycles. The van der Waals surface area contributed by atoms with E-state index < -0.39 is 17.6 Å². The predicted octanol–water partition coefficient (Wildman–Crippen LogP) is -0.195. The molecular weight excluding hydrogens is 146 g/mol. The number of hydrogen-bond donors (Lipinski definition) is 3. The van der Waals surface area contributed by atoms with Crippen molar-refractivity contribution in [3.63, 3.8) is 0 Å². The SMILES string of the molecule is CC(C)[C@@](C)(O)[C@H](N)C(=O)O. The molecule has 11 heavy (non-hydrogen) atoms. The zero-order valence-corrected chi connectivity index (χ0v) is 7.03. The summed E-state index contributed by atoms with van der Waals surface area (Å²) in [5.74, 6) is -1.35. The molecule has 0 radical (unpaired) electrons. The maximum absolute atomic E-state index is 10.4. The van der Waals surface area contributed by atoms with Crippen molar-refractivity contribution in [2.24, 2.45) is 11.7 Å². The average molecular weight is 161 g/mol. The number of aliphatic carboxylic acids is 1. The number of nitrogens with two attached hydrogens (primary N) is 1. The molecular formula is C7H15NO3. The van der Waals surface area contributed by atoms with E-state index in [1.54, 1.807) is 13.8 Å². The van der Waals surface area contributed by atoms with Crippen LogP contribution in [-0.4, -0.2) is 27.8 Å². The molecule has 4 N–H and O–H groups in total. The van der Waals surface area contributed by atoms with Gasteiger partial charge in [-0.15, -0.1) is 0 Å². The second-order valence-electron chi connectivity index (χ2n) is 3.20. The third-order valence-electron chi connectivity index (χ3n) is 2.06. The maximum atomic E-state index is 10.4. The van der Waals surface area contributed by atoms with Crippen molar-refractivity contribution in [3.05, 3.63) is 0 Å². The van der Waals surface area contributed by atoms with E-state index in [1.165, 1.54) is 6.92 Å². The Hall–Kier alpha value is -0.610. The summed E-state index contributed by atoms with van der Waals surface area (Å²) in [5, 5.41) is 18.0. The van der Waals surface area contributed by atoms with Gasteiger partial charge in [-0.3, -0.25) is 4.79 Å². The van der Waals surface area contributed by atoms with Gasteiger partial charge in [-0.05, 0) is 12.8 Å². The van der Waals surface area contributed by atoms with Gasteiger partial charge in [0.05, 0.1) is 5.60 Å². The highest BCUT2D eigenvalue weighted by molar-refractivity contribution is 5.74. The number of aliphatic hydroxyl groups is 1. The molecule has 0 aliphatic heterocycles. The summed E-state index contributed by atoms with van der Waals surface area (Å²) < 4.78 is 0. The summed E-state index contributed by atoms with van der Waals surface area (Å²) >= 11 is 0. The zero-order chi connectivity index (χ0) is 9.23. The predicted molar refractivity (Wildman–Crippen MR) is 41.1 cm³/mol. The fraction of sp³-hybridized carbons (Fsp3) is 0.857. The van der Waals surface area contributed by atoms with Gasteiger partial charge >= 0.3 is 5.97 Å². The van der Waals surface area contributed by atoms with Crippen LogP contribution < -0.4 is 5.73 Å². The van der Waals surface area contributed by atoms with E-state index in [-0.39, 0.29) is 5.92 Å². The Balaban J connectivity index is 4.41. The smallest absolute Gasteiger partial charge is 0.323 e. The molecule has 0 amide bonds. The van der Waals surface area contributed by atoms with Crippen molar-refractivity contribution < 1.29 is 15.0 Å². The van der Waals surface area contributed by atoms with E-state index in [1.807, 2.05) is 0 Å². The van der Waals surface area contributed by atoms with Crippen LogP contribution in [0.3, 0.4) is 0 Å². The lowest BCUT2D eigenvalue weighted by Gasteiger charge is -2.30. The lowest BCUT2D eigenvalue weighted by molar-refractivity contribution is -0.146. The van der Waals surface area contributed by atoms with Crippen LogP contribution in [0.1, 0.15) is 20.8 Å². The summed E-state index contributed by atoms with van der Waals surface area (Å²) in [4.78, 5) is 10.4. The van der Waals surface area contributed by atoms with Crippen molar-refractivity contribution in [1.82, 2.24) is 0 Å². The number of hydrogen-bond acceptors (Lipinski definition) is 3. The first-order valence-corrected chi connectivity index (χ1v) is 3.51. The average Bonchev–Trinajstić information content (AvgIpc) is 1.85. The minimum absolute atomic E-state index is 0.173. The van der Waals surface area contributed by atoms with Crippen LogP contribution in [0, 0.1) is 5.92 Å². The minimum Gasteiger partial charge on any atom is -0.480 e. The van der Waals surface area contributed by atoms with Gasteiger partial charge in [0, 0.05) is 0 Å². The third kappa shape index (κ3) is 2.17. The molecule has 0 aromatic heterocycles. The van der Waals surface area contributed by atoms with E-state index in [4.69, 9.17) is 10.8 Å². The Kier molecular flexibility index (Phi) is 3.02. The Labute approximate surface area is 66.0 Å². The second kappa shape index (κ2) is 3.19. The lowest BCUT2D eigenvalue weighted by Crippen LogP contribution is -2.53. The number of carbonyl (C=O) groups is 1. The van der Waals surface area contributed by atoms with Crippen LogP contribution in [0.15, 0.2) is 0 Å². The van der Waals surface area contributed by atoms with Crippen LogP contribution >= 0.6 is 0 Å². The van der Waals surface area contributed by atoms with Crippen LogP contribution in [0.25, 0.3) is 0 Å². The number of rotatable bonds is 3. The molecule has 0 aliphatic rings. The number of carboxylic acid groups (broad SMARTS) is 1. The highest BCUT2D eigenvalue weighted by Gasteiger charge is 2.37. The van der Waals surface area contributed by atoms with Crippen LogP contribution in [0.5, 0.6) is 0 Å². The zero-order valence-electron chi connectivity index (χ0n) is 7.03. The van der Waals surface area contributed by atoms with Crippen molar-refractivity contribution >= 4 is 5.97 Å². The van der Waals surface area contributed by atoms with Gasteiger partial charge in [0.1, 0.15) is 6.04 Å².